The molecule has 0 unspecified atom stereocenters. The molecule has 9 nitrogen and oxygen atoms in total. The molecule has 1 aromatic carbocycles. The fraction of sp³-hybridized carbons (Fsp3) is 0.583. The Hall–Kier alpha value is -2.27. The Morgan fingerprint density at radius 2 is 1.68 bits per heavy atom. The van der Waals surface area contributed by atoms with Gasteiger partial charge in [-0.2, -0.15) is 0 Å². The average molecular weight is 496 g/mol. The summed E-state index contributed by atoms with van der Waals surface area (Å²) in [5.41, 5.74) is -0.522. The lowest BCUT2D eigenvalue weighted by Crippen LogP contribution is -2.43. The first kappa shape index (κ1) is 26.3. The van der Waals surface area contributed by atoms with E-state index in [9.17, 15) is 9.59 Å². The van der Waals surface area contributed by atoms with Crippen molar-refractivity contribution in [3.63, 3.8) is 0 Å². The smallest absolute Gasteiger partial charge is 0.347 e. The van der Waals surface area contributed by atoms with Gasteiger partial charge in [-0.05, 0) is 58.9 Å². The highest BCUT2D eigenvalue weighted by atomic mass is 32.2. The number of hydrogen-bond donors (Lipinski definition) is 1. The summed E-state index contributed by atoms with van der Waals surface area (Å²) in [7, 11) is 1.63. The zero-order chi connectivity index (χ0) is 24.9. The van der Waals surface area contributed by atoms with Gasteiger partial charge in [0.1, 0.15) is 29.5 Å². The van der Waals surface area contributed by atoms with Crippen LogP contribution in [0.3, 0.4) is 0 Å². The molecule has 34 heavy (non-hydrogen) atoms. The van der Waals surface area contributed by atoms with Crippen molar-refractivity contribution in [1.29, 1.82) is 0 Å². The van der Waals surface area contributed by atoms with E-state index < -0.39 is 23.8 Å². The van der Waals surface area contributed by atoms with Gasteiger partial charge in [0, 0.05) is 11.1 Å². The monoisotopic (exact) mass is 495 g/mol. The van der Waals surface area contributed by atoms with Gasteiger partial charge in [0.05, 0.1) is 26.4 Å². The Balaban J connectivity index is 1.75. The molecule has 188 valence electrons. The minimum atomic E-state index is -0.757. The molecule has 2 heterocycles. The number of carbonyl (C=O) groups is 2. The van der Waals surface area contributed by atoms with Crippen molar-refractivity contribution < 1.29 is 38.0 Å². The largest absolute Gasteiger partial charge is 0.497 e. The van der Waals surface area contributed by atoms with E-state index in [1.165, 1.54) is 6.20 Å². The van der Waals surface area contributed by atoms with Crippen molar-refractivity contribution in [1.82, 2.24) is 5.32 Å². The lowest BCUT2D eigenvalue weighted by atomic mass is 10.1. The van der Waals surface area contributed by atoms with Gasteiger partial charge in [0.25, 0.3) is 0 Å². The van der Waals surface area contributed by atoms with E-state index in [-0.39, 0.29) is 42.5 Å². The molecule has 2 fully saturated rings. The summed E-state index contributed by atoms with van der Waals surface area (Å²) in [4.78, 5) is 25.5. The number of fused-ring (bicyclic) bond motifs is 1. The highest BCUT2D eigenvalue weighted by molar-refractivity contribution is 7.99. The molecule has 10 heteroatoms. The van der Waals surface area contributed by atoms with Crippen LogP contribution in [0.25, 0.3) is 0 Å². The summed E-state index contributed by atoms with van der Waals surface area (Å²) in [5.74, 6) is -1.48. The molecule has 5 atom stereocenters. The molecule has 1 N–H and O–H groups in total. The lowest BCUT2D eigenvalue weighted by molar-refractivity contribution is -0.180. The van der Waals surface area contributed by atoms with Crippen LogP contribution in [0, 0.1) is 0 Å². The van der Waals surface area contributed by atoms with Gasteiger partial charge >= 0.3 is 11.9 Å². The van der Waals surface area contributed by atoms with Crippen LogP contribution in [-0.2, 0) is 33.3 Å². The molecule has 2 saturated heterocycles. The first-order valence-corrected chi connectivity index (χ1v) is 12.2. The Bertz CT molecular complexity index is 867. The number of esters is 2. The predicted molar refractivity (Wildman–Crippen MR) is 125 cm³/mol. The molecular formula is C24H33NO8S. The van der Waals surface area contributed by atoms with Crippen LogP contribution < -0.4 is 10.1 Å². The number of ether oxygens (including phenoxy) is 6. The van der Waals surface area contributed by atoms with E-state index >= 15 is 0 Å². The van der Waals surface area contributed by atoms with Crippen molar-refractivity contribution in [2.45, 2.75) is 75.1 Å². The van der Waals surface area contributed by atoms with E-state index in [0.717, 1.165) is 10.6 Å². The molecule has 0 spiro atoms. The quantitative estimate of drug-likeness (QED) is 0.226. The van der Waals surface area contributed by atoms with Crippen molar-refractivity contribution in [3.8, 4) is 5.75 Å². The van der Waals surface area contributed by atoms with Gasteiger partial charge in [0.2, 0.25) is 0 Å². The zero-order valence-electron chi connectivity index (χ0n) is 20.4. The van der Waals surface area contributed by atoms with Gasteiger partial charge in [-0.15, -0.1) is 0 Å². The van der Waals surface area contributed by atoms with Gasteiger partial charge < -0.3 is 33.7 Å². The van der Waals surface area contributed by atoms with Gasteiger partial charge in [-0.3, -0.25) is 0 Å². The Morgan fingerprint density at radius 3 is 2.24 bits per heavy atom. The summed E-state index contributed by atoms with van der Waals surface area (Å²) >= 11 is 1.54. The molecule has 3 rings (SSSR count). The van der Waals surface area contributed by atoms with E-state index in [2.05, 4.69) is 5.32 Å². The first-order valence-electron chi connectivity index (χ1n) is 11.3. The number of nitrogens with one attached hydrogen (secondary N) is 1. The number of benzene rings is 1. The molecule has 0 radical (unpaired) electrons. The molecule has 0 saturated carbocycles. The van der Waals surface area contributed by atoms with Gasteiger partial charge in [0.15, 0.2) is 11.4 Å². The van der Waals surface area contributed by atoms with Crippen LogP contribution in [0.15, 0.2) is 40.9 Å². The maximum Gasteiger partial charge on any atom is 0.347 e. The third kappa shape index (κ3) is 6.24. The molecule has 0 bridgehead atoms. The highest BCUT2D eigenvalue weighted by Crippen LogP contribution is 2.45. The standard InChI is InChI=1S/C24H33NO8S/c1-7-29-21(26)17(22(27)30-8-2)13-25-14(3)18-19-20(33-24(4,5)32-19)23(31-18)34-16-11-9-15(28-6)10-12-16/h9-14,18-20,23,25H,7-8H2,1-6H3/t14-,18+,19-,20-,23-/m1/s1. The summed E-state index contributed by atoms with van der Waals surface area (Å²) in [6, 6.07) is 7.40. The van der Waals surface area contributed by atoms with Crippen LogP contribution >= 0.6 is 11.8 Å². The number of thioether (sulfide) groups is 1. The van der Waals surface area contributed by atoms with Crippen molar-refractivity contribution in [3.05, 3.63) is 36.0 Å². The third-order valence-electron chi connectivity index (χ3n) is 5.33. The fourth-order valence-electron chi connectivity index (χ4n) is 3.81. The Kier molecular flexibility index (Phi) is 8.86. The molecular weight excluding hydrogens is 462 g/mol. The molecule has 0 amide bonds. The Morgan fingerprint density at radius 1 is 1.09 bits per heavy atom. The minimum absolute atomic E-state index is 0.144. The Labute approximate surface area is 204 Å². The van der Waals surface area contributed by atoms with Crippen LogP contribution in [-0.4, -0.2) is 67.8 Å². The zero-order valence-corrected chi connectivity index (χ0v) is 21.2. The molecule has 2 aliphatic rings. The number of methoxy groups -OCH3 is 1. The van der Waals surface area contributed by atoms with Crippen LogP contribution in [0.4, 0.5) is 0 Å². The van der Waals surface area contributed by atoms with E-state index in [4.69, 9.17) is 28.4 Å². The first-order chi connectivity index (χ1) is 16.2. The summed E-state index contributed by atoms with van der Waals surface area (Å²) in [6.07, 6.45) is 0.291. The summed E-state index contributed by atoms with van der Waals surface area (Å²) in [6.45, 7) is 9.26. The van der Waals surface area contributed by atoms with Gasteiger partial charge in [-0.25, -0.2) is 9.59 Å². The van der Waals surface area contributed by atoms with Crippen LogP contribution in [0.2, 0.25) is 0 Å². The maximum absolute atomic E-state index is 12.2. The molecule has 1 aromatic rings. The van der Waals surface area contributed by atoms with Crippen LogP contribution in [0.1, 0.15) is 34.6 Å². The van der Waals surface area contributed by atoms with Crippen molar-refractivity contribution in [2.24, 2.45) is 0 Å². The maximum atomic E-state index is 12.2. The number of carbonyl (C=O) groups excluding carboxylic acids is 2. The predicted octanol–water partition coefficient (Wildman–Crippen LogP) is 3.02. The SMILES string of the molecule is CCOC(=O)C(=CN[C@H](C)[C@@H]1O[C@H](Sc2ccc(OC)cc2)[C@@H]2OC(C)(C)O[C@@H]21)C(=O)OCC. The fourth-order valence-corrected chi connectivity index (χ4v) is 4.90. The summed E-state index contributed by atoms with van der Waals surface area (Å²) < 4.78 is 33.9. The third-order valence-corrected chi connectivity index (χ3v) is 6.49. The molecule has 0 aliphatic carbocycles. The van der Waals surface area contributed by atoms with Gasteiger partial charge in [-0.1, -0.05) is 11.8 Å². The second-order valence-corrected chi connectivity index (χ2v) is 9.45. The molecule has 0 aromatic heterocycles. The topological polar surface area (TPSA) is 102 Å². The minimum Gasteiger partial charge on any atom is -0.497 e. The number of rotatable bonds is 10. The number of hydrogen-bond acceptors (Lipinski definition) is 10. The highest BCUT2D eigenvalue weighted by Gasteiger charge is 2.56. The lowest BCUT2D eigenvalue weighted by Gasteiger charge is -2.27. The second-order valence-electron chi connectivity index (χ2n) is 8.28. The molecule has 2 aliphatic heterocycles. The van der Waals surface area contributed by atoms with Crippen molar-refractivity contribution >= 4 is 23.7 Å². The van der Waals surface area contributed by atoms with Crippen molar-refractivity contribution in [2.75, 3.05) is 20.3 Å². The van der Waals surface area contributed by atoms with E-state index in [1.54, 1.807) is 32.7 Å². The van der Waals surface area contributed by atoms with Crippen LogP contribution in [0.5, 0.6) is 5.75 Å². The average Bonchev–Trinajstić information content (AvgIpc) is 3.28. The second kappa shape index (κ2) is 11.4. The summed E-state index contributed by atoms with van der Waals surface area (Å²) in [5, 5.41) is 3.09. The van der Waals surface area contributed by atoms with E-state index in [0.29, 0.717) is 0 Å². The normalized spacial score (nSPS) is 25.7. The van der Waals surface area contributed by atoms with E-state index in [1.807, 2.05) is 45.0 Å².